The molecule has 0 spiro atoms. The molecule has 0 saturated heterocycles. The van der Waals surface area contributed by atoms with E-state index in [2.05, 4.69) is 36.4 Å². The first-order valence-corrected chi connectivity index (χ1v) is 9.09. The smallest absolute Gasteiger partial charge is 0.245 e. The first-order valence-electron chi connectivity index (χ1n) is 9.09. The van der Waals surface area contributed by atoms with Crippen LogP contribution in [0.15, 0.2) is 42.7 Å². The highest BCUT2D eigenvalue weighted by Gasteiger charge is 2.21. The summed E-state index contributed by atoms with van der Waals surface area (Å²) in [6.07, 6.45) is 4.36. The Hall–Kier alpha value is -3.42. The van der Waals surface area contributed by atoms with E-state index in [1.165, 1.54) is 11.1 Å². The van der Waals surface area contributed by atoms with Crippen LogP contribution in [0, 0.1) is 0 Å². The largest absolute Gasteiger partial charge is 0.493 e. The molecule has 0 radical (unpaired) electrons. The van der Waals surface area contributed by atoms with Crippen LogP contribution in [-0.4, -0.2) is 40.9 Å². The highest BCUT2D eigenvalue weighted by atomic mass is 16.5. The van der Waals surface area contributed by atoms with Crippen molar-refractivity contribution < 1.29 is 9.47 Å². The van der Waals surface area contributed by atoms with Gasteiger partial charge in [-0.05, 0) is 41.8 Å². The second-order valence-electron chi connectivity index (χ2n) is 6.46. The van der Waals surface area contributed by atoms with Crippen molar-refractivity contribution in [1.82, 2.24) is 20.2 Å². The average Bonchev–Trinajstić information content (AvgIpc) is 2.77. The van der Waals surface area contributed by atoms with Gasteiger partial charge in [0.2, 0.25) is 5.95 Å². The first-order chi connectivity index (χ1) is 13.8. The molecule has 0 bridgehead atoms. The number of fused-ring (bicyclic) bond motifs is 1. The Balaban J connectivity index is 1.49. The fourth-order valence-electron chi connectivity index (χ4n) is 3.27. The molecule has 8 nitrogen and oxygen atoms in total. The number of aromatic nitrogens is 4. The summed E-state index contributed by atoms with van der Waals surface area (Å²) in [5, 5.41) is 11.4. The Labute approximate surface area is 163 Å². The van der Waals surface area contributed by atoms with Crippen molar-refractivity contribution in [2.75, 3.05) is 31.0 Å². The van der Waals surface area contributed by atoms with Crippen LogP contribution in [0.4, 0.5) is 11.8 Å². The molecule has 2 aromatic heterocycles. The average molecular weight is 378 g/mol. The van der Waals surface area contributed by atoms with E-state index in [0.717, 1.165) is 42.5 Å². The molecule has 8 heteroatoms. The molecular weight excluding hydrogens is 356 g/mol. The summed E-state index contributed by atoms with van der Waals surface area (Å²) in [6.45, 7) is 2.13. The van der Waals surface area contributed by atoms with Gasteiger partial charge in [-0.2, -0.15) is 10.1 Å². The Morgan fingerprint density at radius 3 is 2.68 bits per heavy atom. The molecule has 0 amide bonds. The lowest BCUT2D eigenvalue weighted by Gasteiger charge is -2.30. The molecule has 0 aliphatic carbocycles. The Kier molecular flexibility index (Phi) is 5.18. The SMILES string of the molecule is COc1cc2c(cc1OC)CN(c1cnnc(NCc3ccccn3)n1)CC2. The van der Waals surface area contributed by atoms with Gasteiger partial charge in [0.05, 0.1) is 32.7 Å². The zero-order chi connectivity index (χ0) is 19.3. The van der Waals surface area contributed by atoms with Gasteiger partial charge in [-0.15, -0.1) is 5.10 Å². The van der Waals surface area contributed by atoms with Gasteiger partial charge >= 0.3 is 0 Å². The fourth-order valence-corrected chi connectivity index (χ4v) is 3.27. The standard InChI is InChI=1S/C20H22N6O2/c1-27-17-9-14-6-8-26(13-15(14)10-18(17)28-2)19-12-23-25-20(24-19)22-11-16-5-3-4-7-21-16/h3-5,7,9-10,12H,6,8,11,13H2,1-2H3,(H,22,24,25). The summed E-state index contributed by atoms with van der Waals surface area (Å²) in [5.41, 5.74) is 3.39. The van der Waals surface area contributed by atoms with Crippen LogP contribution in [0.5, 0.6) is 11.5 Å². The second-order valence-corrected chi connectivity index (χ2v) is 6.46. The number of benzene rings is 1. The lowest BCUT2D eigenvalue weighted by atomic mass is 9.99. The quantitative estimate of drug-likeness (QED) is 0.700. The molecule has 1 aliphatic rings. The van der Waals surface area contributed by atoms with Crippen molar-refractivity contribution in [2.45, 2.75) is 19.5 Å². The zero-order valence-corrected chi connectivity index (χ0v) is 15.9. The molecular formula is C20H22N6O2. The summed E-state index contributed by atoms with van der Waals surface area (Å²) >= 11 is 0. The number of rotatable bonds is 6. The van der Waals surface area contributed by atoms with Gasteiger partial charge in [0, 0.05) is 19.3 Å². The first kappa shape index (κ1) is 18.0. The maximum Gasteiger partial charge on any atom is 0.245 e. The van der Waals surface area contributed by atoms with E-state index < -0.39 is 0 Å². The van der Waals surface area contributed by atoms with Crippen LogP contribution in [0.25, 0.3) is 0 Å². The van der Waals surface area contributed by atoms with Crippen molar-refractivity contribution in [3.63, 3.8) is 0 Å². The van der Waals surface area contributed by atoms with Crippen molar-refractivity contribution >= 4 is 11.8 Å². The van der Waals surface area contributed by atoms with E-state index >= 15 is 0 Å². The highest BCUT2D eigenvalue weighted by molar-refractivity contribution is 5.52. The molecule has 4 rings (SSSR count). The number of ether oxygens (including phenoxy) is 2. The van der Waals surface area contributed by atoms with Crippen molar-refractivity contribution in [3.05, 3.63) is 59.5 Å². The summed E-state index contributed by atoms with van der Waals surface area (Å²) in [5.74, 6) is 2.78. The number of hydrogen-bond donors (Lipinski definition) is 1. The molecule has 0 fully saturated rings. The minimum atomic E-state index is 0.487. The van der Waals surface area contributed by atoms with E-state index in [1.807, 2.05) is 24.3 Å². The van der Waals surface area contributed by atoms with Crippen LogP contribution in [-0.2, 0) is 19.5 Å². The predicted molar refractivity (Wildman–Crippen MR) is 106 cm³/mol. The summed E-state index contributed by atoms with van der Waals surface area (Å²) < 4.78 is 10.8. The summed E-state index contributed by atoms with van der Waals surface area (Å²) in [4.78, 5) is 11.1. The normalized spacial score (nSPS) is 13.0. The molecule has 3 aromatic rings. The van der Waals surface area contributed by atoms with Gasteiger partial charge < -0.3 is 19.7 Å². The van der Waals surface area contributed by atoms with Crippen LogP contribution in [0.3, 0.4) is 0 Å². The van der Waals surface area contributed by atoms with Crippen LogP contribution < -0.4 is 19.7 Å². The molecule has 1 aromatic carbocycles. The van der Waals surface area contributed by atoms with E-state index in [-0.39, 0.29) is 0 Å². The van der Waals surface area contributed by atoms with E-state index in [9.17, 15) is 0 Å². The van der Waals surface area contributed by atoms with Crippen molar-refractivity contribution in [3.8, 4) is 11.5 Å². The number of nitrogens with one attached hydrogen (secondary N) is 1. The van der Waals surface area contributed by atoms with Crippen LogP contribution in [0.2, 0.25) is 0 Å². The van der Waals surface area contributed by atoms with Gasteiger partial charge in [0.15, 0.2) is 17.3 Å². The zero-order valence-electron chi connectivity index (χ0n) is 15.9. The third kappa shape index (κ3) is 3.80. The van der Waals surface area contributed by atoms with Gasteiger partial charge in [-0.3, -0.25) is 4.98 Å². The Morgan fingerprint density at radius 1 is 1.11 bits per heavy atom. The molecule has 0 unspecified atom stereocenters. The van der Waals surface area contributed by atoms with E-state index in [0.29, 0.717) is 12.5 Å². The highest BCUT2D eigenvalue weighted by Crippen LogP contribution is 2.34. The molecule has 1 aliphatic heterocycles. The number of anilines is 2. The Bertz CT molecular complexity index is 951. The van der Waals surface area contributed by atoms with Gasteiger partial charge in [0.25, 0.3) is 0 Å². The predicted octanol–water partition coefficient (Wildman–Crippen LogP) is 2.46. The van der Waals surface area contributed by atoms with E-state index in [1.54, 1.807) is 26.6 Å². The molecule has 1 N–H and O–H groups in total. The fraction of sp³-hybridized carbons (Fsp3) is 0.300. The maximum atomic E-state index is 5.44. The number of nitrogens with zero attached hydrogens (tertiary/aromatic N) is 5. The van der Waals surface area contributed by atoms with Gasteiger partial charge in [-0.1, -0.05) is 6.07 Å². The number of hydrogen-bond acceptors (Lipinski definition) is 8. The lowest BCUT2D eigenvalue weighted by Crippen LogP contribution is -2.31. The summed E-state index contributed by atoms with van der Waals surface area (Å²) in [6, 6.07) is 9.89. The van der Waals surface area contributed by atoms with Gasteiger partial charge in [-0.25, -0.2) is 0 Å². The molecule has 0 atom stereocenters. The maximum absolute atomic E-state index is 5.44. The third-order valence-corrected chi connectivity index (χ3v) is 4.74. The minimum Gasteiger partial charge on any atom is -0.493 e. The molecule has 144 valence electrons. The monoisotopic (exact) mass is 378 g/mol. The minimum absolute atomic E-state index is 0.487. The number of pyridine rings is 1. The summed E-state index contributed by atoms with van der Waals surface area (Å²) in [7, 11) is 3.31. The number of methoxy groups -OCH3 is 2. The molecule has 0 saturated carbocycles. The second kappa shape index (κ2) is 8.08. The lowest BCUT2D eigenvalue weighted by molar-refractivity contribution is 0.353. The van der Waals surface area contributed by atoms with Crippen molar-refractivity contribution in [1.29, 1.82) is 0 Å². The topological polar surface area (TPSA) is 85.3 Å². The van der Waals surface area contributed by atoms with Crippen LogP contribution in [0.1, 0.15) is 16.8 Å². The van der Waals surface area contributed by atoms with E-state index in [4.69, 9.17) is 9.47 Å². The van der Waals surface area contributed by atoms with Crippen molar-refractivity contribution in [2.24, 2.45) is 0 Å². The molecule has 28 heavy (non-hydrogen) atoms. The van der Waals surface area contributed by atoms with Gasteiger partial charge in [0.1, 0.15) is 0 Å². The Morgan fingerprint density at radius 2 is 1.93 bits per heavy atom. The molecule has 3 heterocycles. The van der Waals surface area contributed by atoms with Crippen LogP contribution >= 0.6 is 0 Å². The third-order valence-electron chi connectivity index (χ3n) is 4.74.